The summed E-state index contributed by atoms with van der Waals surface area (Å²) in [6.07, 6.45) is 1.74. The minimum Gasteiger partial charge on any atom is -0.298 e. The molecule has 0 saturated carbocycles. The van der Waals surface area contributed by atoms with Crippen LogP contribution in [-0.2, 0) is 0 Å². The maximum atomic E-state index is 11.1. The quantitative estimate of drug-likeness (QED) is 0.523. The molecule has 0 spiro atoms. The Bertz CT molecular complexity index is 907. The highest BCUT2D eigenvalue weighted by Gasteiger charge is 2.29. The molecule has 4 rings (SSSR count). The van der Waals surface area contributed by atoms with Crippen molar-refractivity contribution in [2.75, 3.05) is 0 Å². The van der Waals surface area contributed by atoms with Gasteiger partial charge in [-0.25, -0.2) is 0 Å². The number of hydrogen-bond donors (Lipinski definition) is 0. The molecule has 1 atom stereocenters. The van der Waals surface area contributed by atoms with E-state index < -0.39 is 0 Å². The highest BCUT2D eigenvalue weighted by Crippen LogP contribution is 2.47. The standard InChI is InChI=1S/C21H14O2/c22-12-14-5-8-16(9-6-14)21-18-4-2-1-3-17(18)20-11-15(13-23)7-10-19(20)21/h1-13,21H. The van der Waals surface area contributed by atoms with Crippen LogP contribution in [0.2, 0.25) is 0 Å². The number of hydrogen-bond acceptors (Lipinski definition) is 2. The van der Waals surface area contributed by atoms with E-state index in [9.17, 15) is 9.59 Å². The van der Waals surface area contributed by atoms with Crippen LogP contribution in [-0.4, -0.2) is 12.6 Å². The Morgan fingerprint density at radius 1 is 0.652 bits per heavy atom. The molecular weight excluding hydrogens is 284 g/mol. The summed E-state index contributed by atoms with van der Waals surface area (Å²) in [4.78, 5) is 22.0. The maximum Gasteiger partial charge on any atom is 0.150 e. The summed E-state index contributed by atoms with van der Waals surface area (Å²) in [7, 11) is 0. The van der Waals surface area contributed by atoms with Crippen LogP contribution in [0.1, 0.15) is 43.3 Å². The summed E-state index contributed by atoms with van der Waals surface area (Å²) in [5, 5.41) is 0. The van der Waals surface area contributed by atoms with Gasteiger partial charge in [0.2, 0.25) is 0 Å². The van der Waals surface area contributed by atoms with Crippen LogP contribution in [0.15, 0.2) is 66.7 Å². The smallest absolute Gasteiger partial charge is 0.150 e. The van der Waals surface area contributed by atoms with Crippen LogP contribution in [0.4, 0.5) is 0 Å². The fourth-order valence-electron chi connectivity index (χ4n) is 3.42. The van der Waals surface area contributed by atoms with Crippen molar-refractivity contribution in [2.45, 2.75) is 5.92 Å². The van der Waals surface area contributed by atoms with Gasteiger partial charge in [0.15, 0.2) is 0 Å². The van der Waals surface area contributed by atoms with Crippen LogP contribution in [0.3, 0.4) is 0 Å². The summed E-state index contributed by atoms with van der Waals surface area (Å²) in [6, 6.07) is 21.9. The van der Waals surface area contributed by atoms with E-state index in [-0.39, 0.29) is 5.92 Å². The first-order valence-corrected chi connectivity index (χ1v) is 7.55. The lowest BCUT2D eigenvalue weighted by atomic mass is 9.89. The fraction of sp³-hybridized carbons (Fsp3) is 0.0476. The summed E-state index contributed by atoms with van der Waals surface area (Å²) in [5.74, 6) is 0.141. The first-order chi connectivity index (χ1) is 11.3. The van der Waals surface area contributed by atoms with Crippen molar-refractivity contribution >= 4 is 12.6 Å². The highest BCUT2D eigenvalue weighted by molar-refractivity contribution is 5.86. The van der Waals surface area contributed by atoms with Gasteiger partial charge in [0, 0.05) is 17.0 Å². The van der Waals surface area contributed by atoms with Gasteiger partial charge in [-0.15, -0.1) is 0 Å². The fourth-order valence-corrected chi connectivity index (χ4v) is 3.42. The lowest BCUT2D eigenvalue weighted by molar-refractivity contribution is 0.111. The molecule has 0 radical (unpaired) electrons. The van der Waals surface area contributed by atoms with Crippen molar-refractivity contribution < 1.29 is 9.59 Å². The number of rotatable bonds is 3. The zero-order valence-corrected chi connectivity index (χ0v) is 12.4. The molecule has 3 aromatic rings. The van der Waals surface area contributed by atoms with Gasteiger partial charge in [-0.3, -0.25) is 9.59 Å². The third-order valence-corrected chi connectivity index (χ3v) is 4.49. The number of carbonyl (C=O) groups is 2. The predicted octanol–water partition coefficient (Wildman–Crippen LogP) is 4.47. The molecule has 0 aromatic heterocycles. The second-order valence-corrected chi connectivity index (χ2v) is 5.77. The van der Waals surface area contributed by atoms with Crippen LogP contribution in [0, 0.1) is 0 Å². The first-order valence-electron chi connectivity index (χ1n) is 7.55. The van der Waals surface area contributed by atoms with Gasteiger partial charge in [0.25, 0.3) is 0 Å². The van der Waals surface area contributed by atoms with Crippen LogP contribution in [0.25, 0.3) is 11.1 Å². The van der Waals surface area contributed by atoms with Gasteiger partial charge in [-0.1, -0.05) is 60.7 Å². The van der Waals surface area contributed by atoms with Gasteiger partial charge >= 0.3 is 0 Å². The molecule has 2 heteroatoms. The van der Waals surface area contributed by atoms with Crippen LogP contribution in [0.5, 0.6) is 0 Å². The SMILES string of the molecule is O=Cc1ccc(C2c3ccccc3-c3cc(C=O)ccc32)cc1. The third-order valence-electron chi connectivity index (χ3n) is 4.49. The Morgan fingerprint density at radius 3 is 2.04 bits per heavy atom. The lowest BCUT2D eigenvalue weighted by Crippen LogP contribution is -1.99. The molecule has 2 nitrogen and oxygen atoms in total. The third kappa shape index (κ3) is 2.11. The molecule has 0 fully saturated rings. The summed E-state index contributed by atoms with van der Waals surface area (Å²) in [6.45, 7) is 0. The van der Waals surface area contributed by atoms with Crippen molar-refractivity contribution in [3.8, 4) is 11.1 Å². The maximum absolute atomic E-state index is 11.1. The van der Waals surface area contributed by atoms with Crippen molar-refractivity contribution in [2.24, 2.45) is 0 Å². The monoisotopic (exact) mass is 298 g/mol. The largest absolute Gasteiger partial charge is 0.298 e. The average molecular weight is 298 g/mol. The van der Waals surface area contributed by atoms with E-state index in [2.05, 4.69) is 12.1 Å². The average Bonchev–Trinajstić information content (AvgIpc) is 2.95. The van der Waals surface area contributed by atoms with Crippen molar-refractivity contribution in [1.29, 1.82) is 0 Å². The van der Waals surface area contributed by atoms with E-state index in [0.29, 0.717) is 11.1 Å². The topological polar surface area (TPSA) is 34.1 Å². The Labute approximate surface area is 134 Å². The molecule has 0 N–H and O–H groups in total. The van der Waals surface area contributed by atoms with E-state index in [1.807, 2.05) is 54.6 Å². The van der Waals surface area contributed by atoms with E-state index in [1.165, 1.54) is 16.7 Å². The molecule has 0 heterocycles. The molecule has 3 aromatic carbocycles. The van der Waals surface area contributed by atoms with Gasteiger partial charge < -0.3 is 0 Å². The highest BCUT2D eigenvalue weighted by atomic mass is 16.1. The van der Waals surface area contributed by atoms with Crippen LogP contribution >= 0.6 is 0 Å². The molecule has 0 bridgehead atoms. The normalized spacial score (nSPS) is 14.9. The molecule has 1 unspecified atom stereocenters. The number of benzene rings is 3. The molecule has 0 saturated heterocycles. The Kier molecular flexibility index (Phi) is 3.16. The summed E-state index contributed by atoms with van der Waals surface area (Å²) < 4.78 is 0. The molecule has 0 amide bonds. The second-order valence-electron chi connectivity index (χ2n) is 5.77. The number of aldehydes is 2. The number of fused-ring (bicyclic) bond motifs is 3. The van der Waals surface area contributed by atoms with Gasteiger partial charge in [0.05, 0.1) is 0 Å². The predicted molar refractivity (Wildman–Crippen MR) is 90.0 cm³/mol. The summed E-state index contributed by atoms with van der Waals surface area (Å²) >= 11 is 0. The van der Waals surface area contributed by atoms with E-state index in [0.717, 1.165) is 23.7 Å². The molecule has 1 aliphatic carbocycles. The van der Waals surface area contributed by atoms with Crippen molar-refractivity contribution in [3.05, 3.63) is 94.5 Å². The minimum absolute atomic E-state index is 0.141. The van der Waals surface area contributed by atoms with Gasteiger partial charge in [-0.05, 0) is 33.9 Å². The summed E-state index contributed by atoms with van der Waals surface area (Å²) in [5.41, 5.74) is 7.26. The van der Waals surface area contributed by atoms with Gasteiger partial charge in [-0.2, -0.15) is 0 Å². The lowest BCUT2D eigenvalue weighted by Gasteiger charge is -2.14. The Balaban J connectivity index is 1.93. The zero-order valence-electron chi connectivity index (χ0n) is 12.4. The second kappa shape index (κ2) is 5.33. The molecule has 0 aliphatic heterocycles. The molecular formula is C21H14O2. The van der Waals surface area contributed by atoms with E-state index in [4.69, 9.17) is 0 Å². The molecule has 110 valence electrons. The molecule has 23 heavy (non-hydrogen) atoms. The number of carbonyl (C=O) groups excluding carboxylic acids is 2. The molecule has 1 aliphatic rings. The van der Waals surface area contributed by atoms with Crippen molar-refractivity contribution in [3.63, 3.8) is 0 Å². The van der Waals surface area contributed by atoms with Crippen molar-refractivity contribution in [1.82, 2.24) is 0 Å². The van der Waals surface area contributed by atoms with E-state index >= 15 is 0 Å². The first kappa shape index (κ1) is 13.6. The van der Waals surface area contributed by atoms with E-state index in [1.54, 1.807) is 0 Å². The van der Waals surface area contributed by atoms with Crippen LogP contribution < -0.4 is 0 Å². The Hall–Kier alpha value is -3.00. The zero-order chi connectivity index (χ0) is 15.8. The van der Waals surface area contributed by atoms with Gasteiger partial charge in [0.1, 0.15) is 12.6 Å². The Morgan fingerprint density at radius 2 is 1.30 bits per heavy atom. The minimum atomic E-state index is 0.141.